The molecule has 0 aromatic heterocycles. The van der Waals surface area contributed by atoms with Gasteiger partial charge in [0.05, 0.1) is 6.61 Å². The van der Waals surface area contributed by atoms with Crippen LogP contribution in [0.25, 0.3) is 0 Å². The van der Waals surface area contributed by atoms with Crippen LogP contribution in [0, 0.1) is 0 Å². The molecule has 1 atom stereocenters. The Hall–Kier alpha value is -1.06. The molecular weight excluding hydrogens is 212 g/mol. The summed E-state index contributed by atoms with van der Waals surface area (Å²) in [4.78, 5) is 2.24. The zero-order valence-electron chi connectivity index (χ0n) is 11.1. The Balaban J connectivity index is 2.70. The minimum atomic E-state index is 0.452. The first-order chi connectivity index (χ1) is 8.19. The first-order valence-corrected chi connectivity index (χ1v) is 6.28. The van der Waals surface area contributed by atoms with Crippen molar-refractivity contribution in [2.24, 2.45) is 5.73 Å². The van der Waals surface area contributed by atoms with Crippen LogP contribution in [0.2, 0.25) is 0 Å². The summed E-state index contributed by atoms with van der Waals surface area (Å²) in [6, 6.07) is 8.80. The molecule has 0 aliphatic rings. The molecule has 0 heterocycles. The van der Waals surface area contributed by atoms with Crippen molar-refractivity contribution in [3.8, 4) is 5.75 Å². The molecule has 1 rings (SSSR count). The highest BCUT2D eigenvalue weighted by Gasteiger charge is 2.11. The average molecular weight is 236 g/mol. The molecule has 0 aliphatic carbocycles. The molecule has 0 spiro atoms. The normalized spacial score (nSPS) is 12.8. The third-order valence-electron chi connectivity index (χ3n) is 2.87. The SMILES string of the molecule is CCC(c1cccc(OCCCN)c1)N(C)C. The summed E-state index contributed by atoms with van der Waals surface area (Å²) in [5.41, 5.74) is 6.75. The summed E-state index contributed by atoms with van der Waals surface area (Å²) in [6.45, 7) is 3.57. The number of hydrogen-bond donors (Lipinski definition) is 1. The van der Waals surface area contributed by atoms with Crippen molar-refractivity contribution in [2.45, 2.75) is 25.8 Å². The van der Waals surface area contributed by atoms with Gasteiger partial charge >= 0.3 is 0 Å². The van der Waals surface area contributed by atoms with E-state index in [-0.39, 0.29) is 0 Å². The minimum Gasteiger partial charge on any atom is -0.494 e. The quantitative estimate of drug-likeness (QED) is 0.739. The highest BCUT2D eigenvalue weighted by atomic mass is 16.5. The van der Waals surface area contributed by atoms with Crippen molar-refractivity contribution in [2.75, 3.05) is 27.2 Å². The molecule has 0 amide bonds. The molecule has 17 heavy (non-hydrogen) atoms. The van der Waals surface area contributed by atoms with Crippen molar-refractivity contribution in [3.05, 3.63) is 29.8 Å². The lowest BCUT2D eigenvalue weighted by atomic mass is 10.0. The molecule has 0 fully saturated rings. The van der Waals surface area contributed by atoms with Crippen LogP contribution in [0.1, 0.15) is 31.4 Å². The van der Waals surface area contributed by atoms with Gasteiger partial charge in [-0.05, 0) is 51.2 Å². The summed E-state index contributed by atoms with van der Waals surface area (Å²) in [5.74, 6) is 0.941. The standard InChI is InChI=1S/C14H24N2O/c1-4-14(16(2)3)12-7-5-8-13(11-12)17-10-6-9-15/h5,7-8,11,14H,4,6,9-10,15H2,1-3H3. The second-order valence-corrected chi connectivity index (χ2v) is 4.45. The van der Waals surface area contributed by atoms with Crippen LogP contribution in [0.15, 0.2) is 24.3 Å². The zero-order valence-corrected chi connectivity index (χ0v) is 11.1. The highest BCUT2D eigenvalue weighted by molar-refractivity contribution is 5.30. The van der Waals surface area contributed by atoms with Crippen LogP contribution in [0.4, 0.5) is 0 Å². The Labute approximate surface area is 105 Å². The molecule has 1 aromatic carbocycles. The lowest BCUT2D eigenvalue weighted by Crippen LogP contribution is -2.19. The number of hydrogen-bond acceptors (Lipinski definition) is 3. The number of nitrogens with zero attached hydrogens (tertiary/aromatic N) is 1. The largest absolute Gasteiger partial charge is 0.494 e. The first kappa shape index (κ1) is 14.0. The fourth-order valence-electron chi connectivity index (χ4n) is 1.98. The molecule has 0 aliphatic heterocycles. The Morgan fingerprint density at radius 3 is 2.71 bits per heavy atom. The number of nitrogens with two attached hydrogens (primary N) is 1. The van der Waals surface area contributed by atoms with E-state index in [2.05, 4.69) is 44.1 Å². The molecule has 1 unspecified atom stereocenters. The topological polar surface area (TPSA) is 38.5 Å². The Kier molecular flexibility index (Phi) is 6.01. The van der Waals surface area contributed by atoms with Gasteiger partial charge in [-0.2, -0.15) is 0 Å². The highest BCUT2D eigenvalue weighted by Crippen LogP contribution is 2.25. The Morgan fingerprint density at radius 1 is 1.35 bits per heavy atom. The lowest BCUT2D eigenvalue weighted by Gasteiger charge is -2.23. The van der Waals surface area contributed by atoms with Crippen LogP contribution < -0.4 is 10.5 Å². The van der Waals surface area contributed by atoms with Gasteiger partial charge in [-0.1, -0.05) is 19.1 Å². The van der Waals surface area contributed by atoms with E-state index in [1.54, 1.807) is 0 Å². The van der Waals surface area contributed by atoms with E-state index in [4.69, 9.17) is 10.5 Å². The van der Waals surface area contributed by atoms with E-state index in [1.165, 1.54) is 5.56 Å². The summed E-state index contributed by atoms with van der Waals surface area (Å²) >= 11 is 0. The number of rotatable bonds is 7. The van der Waals surface area contributed by atoms with Gasteiger partial charge in [0.25, 0.3) is 0 Å². The van der Waals surface area contributed by atoms with Crippen LogP contribution in [-0.2, 0) is 0 Å². The minimum absolute atomic E-state index is 0.452. The van der Waals surface area contributed by atoms with Crippen molar-refractivity contribution in [1.29, 1.82) is 0 Å². The number of ether oxygens (including phenoxy) is 1. The fourth-order valence-corrected chi connectivity index (χ4v) is 1.98. The average Bonchev–Trinajstić information content (AvgIpc) is 2.30. The van der Waals surface area contributed by atoms with E-state index >= 15 is 0 Å². The van der Waals surface area contributed by atoms with Crippen LogP contribution in [0.5, 0.6) is 5.75 Å². The van der Waals surface area contributed by atoms with E-state index in [1.807, 2.05) is 6.07 Å². The fraction of sp³-hybridized carbons (Fsp3) is 0.571. The number of benzene rings is 1. The van der Waals surface area contributed by atoms with Crippen LogP contribution in [0.3, 0.4) is 0 Å². The van der Waals surface area contributed by atoms with Gasteiger partial charge in [0.15, 0.2) is 0 Å². The molecular formula is C14H24N2O. The summed E-state index contributed by atoms with van der Waals surface area (Å²) in [5, 5.41) is 0. The maximum Gasteiger partial charge on any atom is 0.119 e. The van der Waals surface area contributed by atoms with E-state index < -0.39 is 0 Å². The maximum atomic E-state index is 5.66. The second kappa shape index (κ2) is 7.30. The van der Waals surface area contributed by atoms with Gasteiger partial charge in [-0.3, -0.25) is 0 Å². The van der Waals surface area contributed by atoms with Gasteiger partial charge in [0.1, 0.15) is 5.75 Å². The summed E-state index contributed by atoms with van der Waals surface area (Å²) in [7, 11) is 4.21. The van der Waals surface area contributed by atoms with Crippen molar-refractivity contribution in [1.82, 2.24) is 4.90 Å². The summed E-state index contributed by atoms with van der Waals surface area (Å²) < 4.78 is 5.66. The van der Waals surface area contributed by atoms with E-state index in [0.717, 1.165) is 18.6 Å². The third kappa shape index (κ3) is 4.36. The first-order valence-electron chi connectivity index (χ1n) is 6.28. The van der Waals surface area contributed by atoms with Gasteiger partial charge in [0.2, 0.25) is 0 Å². The lowest BCUT2D eigenvalue weighted by molar-refractivity contribution is 0.287. The molecule has 96 valence electrons. The molecule has 0 saturated heterocycles. The van der Waals surface area contributed by atoms with Crippen molar-refractivity contribution < 1.29 is 4.74 Å². The van der Waals surface area contributed by atoms with Gasteiger partial charge in [-0.15, -0.1) is 0 Å². The molecule has 0 saturated carbocycles. The second-order valence-electron chi connectivity index (χ2n) is 4.45. The molecule has 0 radical (unpaired) electrons. The van der Waals surface area contributed by atoms with Crippen molar-refractivity contribution in [3.63, 3.8) is 0 Å². The predicted octanol–water partition coefficient (Wildman–Crippen LogP) is 2.43. The van der Waals surface area contributed by atoms with E-state index in [0.29, 0.717) is 19.2 Å². The predicted molar refractivity (Wildman–Crippen MR) is 72.3 cm³/mol. The Morgan fingerprint density at radius 2 is 2.12 bits per heavy atom. The molecule has 0 bridgehead atoms. The van der Waals surface area contributed by atoms with Crippen LogP contribution in [-0.4, -0.2) is 32.1 Å². The third-order valence-corrected chi connectivity index (χ3v) is 2.87. The monoisotopic (exact) mass is 236 g/mol. The Bertz CT molecular complexity index is 326. The summed E-state index contributed by atoms with van der Waals surface area (Å²) in [6.07, 6.45) is 1.99. The smallest absolute Gasteiger partial charge is 0.119 e. The maximum absolute atomic E-state index is 5.66. The van der Waals surface area contributed by atoms with E-state index in [9.17, 15) is 0 Å². The molecule has 3 nitrogen and oxygen atoms in total. The molecule has 3 heteroatoms. The molecule has 2 N–H and O–H groups in total. The molecule has 1 aromatic rings. The zero-order chi connectivity index (χ0) is 12.7. The van der Waals surface area contributed by atoms with Gasteiger partial charge in [0, 0.05) is 6.04 Å². The van der Waals surface area contributed by atoms with Crippen molar-refractivity contribution >= 4 is 0 Å². The van der Waals surface area contributed by atoms with Crippen LogP contribution >= 0.6 is 0 Å². The van der Waals surface area contributed by atoms with Gasteiger partial charge < -0.3 is 15.4 Å². The van der Waals surface area contributed by atoms with Gasteiger partial charge in [-0.25, -0.2) is 0 Å².